The first kappa shape index (κ1) is 20.4. The van der Waals surface area contributed by atoms with E-state index in [1.54, 1.807) is 19.9 Å². The van der Waals surface area contributed by atoms with Crippen molar-refractivity contribution in [2.75, 3.05) is 0 Å². The van der Waals surface area contributed by atoms with E-state index >= 15 is 0 Å². The highest BCUT2D eigenvalue weighted by atomic mass is 19.1. The first-order chi connectivity index (χ1) is 13.2. The van der Waals surface area contributed by atoms with Gasteiger partial charge in [-0.05, 0) is 80.3 Å². The van der Waals surface area contributed by atoms with E-state index in [4.69, 9.17) is 10.5 Å². The Labute approximate surface area is 167 Å². The van der Waals surface area contributed by atoms with Gasteiger partial charge < -0.3 is 10.5 Å². The van der Waals surface area contributed by atoms with Gasteiger partial charge in [0.25, 0.3) is 0 Å². The minimum absolute atomic E-state index is 0.0170. The maximum Gasteiger partial charge on any atom is 0.227 e. The fourth-order valence-corrected chi connectivity index (χ4v) is 3.92. The van der Waals surface area contributed by atoms with Gasteiger partial charge in [-0.1, -0.05) is 32.0 Å². The van der Waals surface area contributed by atoms with E-state index in [-0.39, 0.29) is 17.8 Å². The van der Waals surface area contributed by atoms with Gasteiger partial charge in [0.2, 0.25) is 5.91 Å². The van der Waals surface area contributed by atoms with Crippen LogP contribution in [0, 0.1) is 5.82 Å². The molecule has 0 bridgehead atoms. The third kappa shape index (κ3) is 3.91. The normalized spacial score (nSPS) is 15.2. The van der Waals surface area contributed by atoms with Crippen LogP contribution in [0.3, 0.4) is 0 Å². The zero-order chi connectivity index (χ0) is 20.5. The minimum atomic E-state index is -0.827. The van der Waals surface area contributed by atoms with E-state index in [9.17, 15) is 9.18 Å². The summed E-state index contributed by atoms with van der Waals surface area (Å²) in [7, 11) is 0. The highest BCUT2D eigenvalue weighted by molar-refractivity contribution is 5.87. The summed E-state index contributed by atoms with van der Waals surface area (Å²) in [5, 5.41) is 0. The van der Waals surface area contributed by atoms with Crippen LogP contribution in [0.25, 0.3) is 11.1 Å². The average Bonchev–Trinajstić information content (AvgIpc) is 3.14. The smallest absolute Gasteiger partial charge is 0.227 e. The van der Waals surface area contributed by atoms with Gasteiger partial charge in [0.15, 0.2) is 0 Å². The zero-order valence-corrected chi connectivity index (χ0v) is 17.2. The third-order valence-corrected chi connectivity index (χ3v) is 5.83. The Morgan fingerprint density at radius 3 is 2.43 bits per heavy atom. The van der Waals surface area contributed by atoms with E-state index in [1.807, 2.05) is 38.1 Å². The Kier molecular flexibility index (Phi) is 5.78. The number of carbonyl (C=O) groups is 1. The second-order valence-corrected chi connectivity index (χ2v) is 8.58. The molecule has 4 heteroatoms. The summed E-state index contributed by atoms with van der Waals surface area (Å²) in [5.41, 5.74) is 7.90. The molecule has 0 unspecified atom stereocenters. The van der Waals surface area contributed by atoms with Crippen LogP contribution in [0.1, 0.15) is 70.4 Å². The fourth-order valence-electron chi connectivity index (χ4n) is 3.92. The van der Waals surface area contributed by atoms with Crippen molar-refractivity contribution in [3.05, 3.63) is 53.3 Å². The second-order valence-electron chi connectivity index (χ2n) is 8.58. The lowest BCUT2D eigenvalue weighted by Gasteiger charge is -2.25. The number of amides is 1. The number of hydrogen-bond acceptors (Lipinski definition) is 2. The number of primary amides is 1. The molecule has 2 N–H and O–H groups in total. The van der Waals surface area contributed by atoms with Crippen LogP contribution in [0.2, 0.25) is 0 Å². The lowest BCUT2D eigenvalue weighted by atomic mass is 9.81. The molecule has 0 saturated heterocycles. The van der Waals surface area contributed by atoms with E-state index in [0.29, 0.717) is 5.56 Å². The number of halogens is 1. The van der Waals surface area contributed by atoms with Gasteiger partial charge in [-0.3, -0.25) is 4.79 Å². The highest BCUT2D eigenvalue weighted by Gasteiger charge is 2.29. The molecule has 0 atom stereocenters. The molecule has 0 spiro atoms. The van der Waals surface area contributed by atoms with E-state index < -0.39 is 11.3 Å². The summed E-state index contributed by atoms with van der Waals surface area (Å²) >= 11 is 0. The van der Waals surface area contributed by atoms with Crippen LogP contribution in [0.15, 0.2) is 36.4 Å². The summed E-state index contributed by atoms with van der Waals surface area (Å²) in [4.78, 5) is 12.0. The molecule has 1 saturated carbocycles. The lowest BCUT2D eigenvalue weighted by molar-refractivity contribution is -0.122. The zero-order valence-electron chi connectivity index (χ0n) is 17.2. The molecule has 1 aliphatic rings. The molecule has 3 rings (SSSR count). The minimum Gasteiger partial charge on any atom is -0.490 e. The second kappa shape index (κ2) is 7.94. The topological polar surface area (TPSA) is 52.3 Å². The average molecular weight is 384 g/mol. The Bertz CT molecular complexity index is 867. The van der Waals surface area contributed by atoms with Gasteiger partial charge in [-0.2, -0.15) is 0 Å². The Balaban J connectivity index is 2.18. The quantitative estimate of drug-likeness (QED) is 0.695. The Morgan fingerprint density at radius 1 is 1.14 bits per heavy atom. The first-order valence-corrected chi connectivity index (χ1v) is 10.1. The van der Waals surface area contributed by atoms with E-state index in [1.165, 1.54) is 18.9 Å². The fraction of sp³-hybridized carbons (Fsp3) is 0.458. The molecular formula is C24H30FNO2. The molecule has 0 heterocycles. The molecule has 2 aromatic carbocycles. The van der Waals surface area contributed by atoms with Gasteiger partial charge in [-0.25, -0.2) is 4.39 Å². The molecule has 2 aromatic rings. The van der Waals surface area contributed by atoms with Crippen molar-refractivity contribution in [3.8, 4) is 16.9 Å². The summed E-state index contributed by atoms with van der Waals surface area (Å²) in [6, 6.07) is 10.9. The first-order valence-electron chi connectivity index (χ1n) is 10.1. The number of hydrogen-bond donors (Lipinski definition) is 1. The van der Waals surface area contributed by atoms with Crippen molar-refractivity contribution in [1.82, 2.24) is 0 Å². The number of carbonyl (C=O) groups excluding carboxylic acids is 1. The van der Waals surface area contributed by atoms with E-state index in [0.717, 1.165) is 35.3 Å². The molecule has 1 amide bonds. The van der Waals surface area contributed by atoms with Crippen LogP contribution in [-0.4, -0.2) is 12.0 Å². The van der Waals surface area contributed by atoms with Crippen LogP contribution in [0.5, 0.6) is 5.75 Å². The largest absolute Gasteiger partial charge is 0.490 e. The Morgan fingerprint density at radius 2 is 1.82 bits per heavy atom. The lowest BCUT2D eigenvalue weighted by Crippen LogP contribution is -2.35. The van der Waals surface area contributed by atoms with Gasteiger partial charge in [0.1, 0.15) is 11.6 Å². The molecule has 1 aliphatic carbocycles. The highest BCUT2D eigenvalue weighted by Crippen LogP contribution is 2.40. The number of nitrogens with two attached hydrogens (primary N) is 1. The predicted octanol–water partition coefficient (Wildman–Crippen LogP) is 5.70. The van der Waals surface area contributed by atoms with Crippen molar-refractivity contribution >= 4 is 5.91 Å². The number of benzene rings is 2. The van der Waals surface area contributed by atoms with Crippen molar-refractivity contribution in [1.29, 1.82) is 0 Å². The molecule has 150 valence electrons. The van der Waals surface area contributed by atoms with Crippen LogP contribution in [-0.2, 0) is 10.2 Å². The molecule has 0 aromatic heterocycles. The van der Waals surface area contributed by atoms with Crippen molar-refractivity contribution in [3.63, 3.8) is 0 Å². The monoisotopic (exact) mass is 383 g/mol. The number of ether oxygens (including phenoxy) is 1. The predicted molar refractivity (Wildman–Crippen MR) is 111 cm³/mol. The molecule has 0 radical (unpaired) electrons. The van der Waals surface area contributed by atoms with Gasteiger partial charge in [0.05, 0.1) is 11.5 Å². The van der Waals surface area contributed by atoms with E-state index in [2.05, 4.69) is 0 Å². The Hall–Kier alpha value is -2.36. The van der Waals surface area contributed by atoms with Crippen LogP contribution in [0.4, 0.5) is 4.39 Å². The van der Waals surface area contributed by atoms with Gasteiger partial charge >= 0.3 is 0 Å². The standard InChI is InChI=1S/C24H30FNO2/c1-15(2)22-18(10-7-11-20(22)25)19-14-16(24(3,4)23(26)27)12-13-21(19)28-17-8-5-6-9-17/h7,10-15,17H,5-6,8-9H2,1-4H3,(H2,26,27). The van der Waals surface area contributed by atoms with Crippen LogP contribution >= 0.6 is 0 Å². The summed E-state index contributed by atoms with van der Waals surface area (Å²) in [6.45, 7) is 7.58. The summed E-state index contributed by atoms with van der Waals surface area (Å²) in [6.07, 6.45) is 4.60. The molecule has 0 aliphatic heterocycles. The summed E-state index contributed by atoms with van der Waals surface area (Å²) < 4.78 is 21.0. The van der Waals surface area contributed by atoms with Crippen molar-refractivity contribution in [2.24, 2.45) is 5.73 Å². The number of rotatable bonds is 6. The third-order valence-electron chi connectivity index (χ3n) is 5.83. The molecule has 3 nitrogen and oxygen atoms in total. The van der Waals surface area contributed by atoms with Crippen molar-refractivity contribution < 1.29 is 13.9 Å². The van der Waals surface area contributed by atoms with Crippen LogP contribution < -0.4 is 10.5 Å². The van der Waals surface area contributed by atoms with Gasteiger partial charge in [0, 0.05) is 5.56 Å². The molecular weight excluding hydrogens is 353 g/mol. The maximum atomic E-state index is 14.7. The molecule has 1 fully saturated rings. The van der Waals surface area contributed by atoms with Gasteiger partial charge in [-0.15, -0.1) is 0 Å². The summed E-state index contributed by atoms with van der Waals surface area (Å²) in [5.74, 6) is 0.136. The maximum absolute atomic E-state index is 14.7. The SMILES string of the molecule is CC(C)c1c(F)cccc1-c1cc(C(C)(C)C(N)=O)ccc1OC1CCCC1. The van der Waals surface area contributed by atoms with Crippen molar-refractivity contribution in [2.45, 2.75) is 70.8 Å². The molecule has 28 heavy (non-hydrogen) atoms.